The van der Waals surface area contributed by atoms with E-state index in [-0.39, 0.29) is 5.60 Å². The summed E-state index contributed by atoms with van der Waals surface area (Å²) in [5.41, 5.74) is 8.11. The molecule has 1 aromatic carbocycles. The van der Waals surface area contributed by atoms with E-state index in [9.17, 15) is 0 Å². The number of halogens is 1. The highest BCUT2D eigenvalue weighted by Crippen LogP contribution is 2.43. The van der Waals surface area contributed by atoms with Crippen LogP contribution in [-0.4, -0.2) is 53.0 Å². The molecule has 1 spiro atoms. The third-order valence-electron chi connectivity index (χ3n) is 5.96. The van der Waals surface area contributed by atoms with Gasteiger partial charge in [-0.1, -0.05) is 30.3 Å². The van der Waals surface area contributed by atoms with Crippen molar-refractivity contribution in [2.24, 2.45) is 11.7 Å². The topological polar surface area (TPSA) is 67.5 Å². The fraction of sp³-hybridized carbons (Fsp3) is 0.474. The Morgan fingerprint density at radius 2 is 1.92 bits per heavy atom. The van der Waals surface area contributed by atoms with Crippen LogP contribution in [-0.2, 0) is 4.74 Å². The number of nitrogens with two attached hydrogens (primary N) is 1. The van der Waals surface area contributed by atoms with Crippen molar-refractivity contribution in [3.05, 3.63) is 41.0 Å². The summed E-state index contributed by atoms with van der Waals surface area (Å²) in [4.78, 5) is 13.8. The Morgan fingerprint density at radius 1 is 1.15 bits per heavy atom. The van der Waals surface area contributed by atoms with Crippen molar-refractivity contribution < 1.29 is 4.74 Å². The van der Waals surface area contributed by atoms with Crippen LogP contribution >= 0.6 is 15.9 Å². The van der Waals surface area contributed by atoms with E-state index < -0.39 is 6.35 Å². The fourth-order valence-electron chi connectivity index (χ4n) is 4.64. The van der Waals surface area contributed by atoms with Gasteiger partial charge in [-0.3, -0.25) is 10.6 Å². The van der Waals surface area contributed by atoms with Crippen LogP contribution in [0.4, 0.5) is 5.95 Å². The summed E-state index contributed by atoms with van der Waals surface area (Å²) >= 11 is 3.57. The molecule has 0 aliphatic carbocycles. The number of anilines is 1. The molecular weight excluding hydrogens is 394 g/mol. The van der Waals surface area contributed by atoms with E-state index in [0.717, 1.165) is 28.8 Å². The normalized spacial score (nSPS) is 33.2. The number of aromatic nitrogens is 2. The maximum Gasteiger partial charge on any atom is 0.229 e. The first-order valence-electron chi connectivity index (χ1n) is 9.15. The van der Waals surface area contributed by atoms with Crippen LogP contribution in [0.2, 0.25) is 0 Å². The summed E-state index contributed by atoms with van der Waals surface area (Å²) in [5, 5.41) is 0. The van der Waals surface area contributed by atoms with Crippen molar-refractivity contribution in [3.8, 4) is 11.3 Å². The van der Waals surface area contributed by atoms with Crippen molar-refractivity contribution >= 4 is 21.9 Å². The molecular formula is C19H22BrN5O. The van der Waals surface area contributed by atoms with E-state index >= 15 is 0 Å². The Balaban J connectivity index is 1.47. The molecule has 5 heterocycles. The number of fused-ring (bicyclic) bond motifs is 2. The molecule has 0 radical (unpaired) electrons. The van der Waals surface area contributed by atoms with Crippen molar-refractivity contribution in [1.82, 2.24) is 14.9 Å². The Labute approximate surface area is 161 Å². The lowest BCUT2D eigenvalue weighted by molar-refractivity contribution is -0.137. The Morgan fingerprint density at radius 3 is 2.62 bits per heavy atom. The lowest BCUT2D eigenvalue weighted by atomic mass is 9.75. The summed E-state index contributed by atoms with van der Waals surface area (Å²) in [6.07, 6.45) is 3.69. The van der Waals surface area contributed by atoms with Crippen molar-refractivity contribution in [2.75, 3.05) is 31.1 Å². The highest BCUT2D eigenvalue weighted by molar-refractivity contribution is 9.10. The van der Waals surface area contributed by atoms with Crippen molar-refractivity contribution in [2.45, 2.75) is 24.8 Å². The number of ether oxygens (including phenoxy) is 1. The predicted octanol–water partition coefficient (Wildman–Crippen LogP) is 2.45. The molecule has 4 aliphatic heterocycles. The molecule has 136 valence electrons. The van der Waals surface area contributed by atoms with Gasteiger partial charge in [-0.25, -0.2) is 9.97 Å². The zero-order chi connectivity index (χ0) is 17.7. The second-order valence-electron chi connectivity index (χ2n) is 7.48. The molecule has 6 nitrogen and oxygen atoms in total. The van der Waals surface area contributed by atoms with Crippen LogP contribution in [0.25, 0.3) is 11.3 Å². The highest BCUT2D eigenvalue weighted by Gasteiger charge is 2.54. The molecule has 6 rings (SSSR count). The Bertz CT molecular complexity index is 811. The standard InChI is InChI=1S/C19H22BrN5O/c20-15-10-22-18(23-16(15)13-4-2-1-3-5-13)25-12-19(26-17(25)21)11-24-8-6-14(19)7-9-24/h1-5,10,14,17H,6-9,11-12,21H2. The average molecular weight is 416 g/mol. The van der Waals surface area contributed by atoms with Crippen LogP contribution in [0.5, 0.6) is 0 Å². The number of nitrogens with zero attached hydrogens (tertiary/aromatic N) is 4. The molecule has 2 aromatic rings. The largest absolute Gasteiger partial charge is 0.335 e. The molecule has 2 atom stereocenters. The number of piperidine rings is 3. The van der Waals surface area contributed by atoms with Gasteiger partial charge in [0, 0.05) is 18.3 Å². The van der Waals surface area contributed by atoms with Crippen molar-refractivity contribution in [1.29, 1.82) is 0 Å². The zero-order valence-electron chi connectivity index (χ0n) is 14.5. The lowest BCUT2D eigenvalue weighted by Gasteiger charge is -2.50. The summed E-state index contributed by atoms with van der Waals surface area (Å²) < 4.78 is 7.21. The molecule has 0 saturated carbocycles. The Hall–Kier alpha value is -1.54. The second-order valence-corrected chi connectivity index (χ2v) is 8.34. The van der Waals surface area contributed by atoms with Crippen LogP contribution in [0.3, 0.4) is 0 Å². The maximum absolute atomic E-state index is 6.37. The molecule has 4 saturated heterocycles. The minimum atomic E-state index is -0.500. The van der Waals surface area contributed by atoms with Gasteiger partial charge in [0.05, 0.1) is 16.7 Å². The maximum atomic E-state index is 6.37. The van der Waals surface area contributed by atoms with Gasteiger partial charge >= 0.3 is 0 Å². The summed E-state index contributed by atoms with van der Waals surface area (Å²) in [7, 11) is 0. The van der Waals surface area contributed by atoms with Gasteiger partial charge in [0.15, 0.2) is 6.35 Å². The van der Waals surface area contributed by atoms with Crippen LogP contribution in [0.1, 0.15) is 12.8 Å². The van der Waals surface area contributed by atoms with E-state index in [2.05, 4.69) is 25.8 Å². The minimum absolute atomic E-state index is 0.181. The summed E-state index contributed by atoms with van der Waals surface area (Å²) in [6.45, 7) is 4.07. The molecule has 4 fully saturated rings. The van der Waals surface area contributed by atoms with Gasteiger partial charge in [-0.2, -0.15) is 0 Å². The van der Waals surface area contributed by atoms with Gasteiger partial charge in [0.2, 0.25) is 5.95 Å². The Kier molecular flexibility index (Phi) is 4.01. The summed E-state index contributed by atoms with van der Waals surface area (Å²) in [6, 6.07) is 10.1. The molecule has 4 aliphatic rings. The van der Waals surface area contributed by atoms with E-state index in [1.807, 2.05) is 35.2 Å². The van der Waals surface area contributed by atoms with Gasteiger partial charge in [-0.05, 0) is 47.8 Å². The fourth-order valence-corrected chi connectivity index (χ4v) is 5.06. The zero-order valence-corrected chi connectivity index (χ0v) is 16.1. The number of hydrogen-bond donors (Lipinski definition) is 1. The first-order chi connectivity index (χ1) is 12.6. The minimum Gasteiger partial charge on any atom is -0.335 e. The van der Waals surface area contributed by atoms with E-state index in [1.165, 1.54) is 25.9 Å². The smallest absolute Gasteiger partial charge is 0.229 e. The van der Waals surface area contributed by atoms with Crippen LogP contribution in [0.15, 0.2) is 41.0 Å². The molecule has 1 aromatic heterocycles. The van der Waals surface area contributed by atoms with Crippen LogP contribution in [0, 0.1) is 5.92 Å². The van der Waals surface area contributed by atoms with E-state index in [4.69, 9.17) is 15.5 Å². The lowest BCUT2D eigenvalue weighted by Crippen LogP contribution is -2.61. The summed E-state index contributed by atoms with van der Waals surface area (Å²) in [5.74, 6) is 1.21. The first kappa shape index (κ1) is 16.6. The molecule has 2 bridgehead atoms. The first-order valence-corrected chi connectivity index (χ1v) is 9.94. The highest BCUT2D eigenvalue weighted by atomic mass is 79.9. The van der Waals surface area contributed by atoms with Gasteiger partial charge in [-0.15, -0.1) is 0 Å². The third kappa shape index (κ3) is 2.65. The van der Waals surface area contributed by atoms with Gasteiger partial charge in [0.1, 0.15) is 5.60 Å². The quantitative estimate of drug-likeness (QED) is 0.812. The van der Waals surface area contributed by atoms with E-state index in [0.29, 0.717) is 11.9 Å². The molecule has 2 unspecified atom stereocenters. The molecule has 2 N–H and O–H groups in total. The third-order valence-corrected chi connectivity index (χ3v) is 6.54. The van der Waals surface area contributed by atoms with Gasteiger partial charge < -0.3 is 9.64 Å². The van der Waals surface area contributed by atoms with Gasteiger partial charge in [0.25, 0.3) is 0 Å². The van der Waals surface area contributed by atoms with Crippen LogP contribution < -0.4 is 10.6 Å². The second kappa shape index (κ2) is 6.27. The van der Waals surface area contributed by atoms with E-state index in [1.54, 1.807) is 6.20 Å². The molecule has 7 heteroatoms. The molecule has 26 heavy (non-hydrogen) atoms. The number of benzene rings is 1. The molecule has 0 amide bonds. The SMILES string of the molecule is NC1OC2(CN3CCC2CC3)CN1c1ncc(Br)c(-c2ccccc2)n1. The average Bonchev–Trinajstić information content (AvgIpc) is 2.99. The number of hydrogen-bond acceptors (Lipinski definition) is 6. The monoisotopic (exact) mass is 415 g/mol. The van der Waals surface area contributed by atoms with Crippen molar-refractivity contribution in [3.63, 3.8) is 0 Å². The predicted molar refractivity (Wildman–Crippen MR) is 103 cm³/mol. The number of rotatable bonds is 2.